The minimum absolute atomic E-state index is 0.00307. The summed E-state index contributed by atoms with van der Waals surface area (Å²) in [7, 11) is 0. The Labute approximate surface area is 148 Å². The number of carbonyl (C=O) groups is 2. The molecule has 4 aliphatic rings. The molecule has 5 heteroatoms. The molecule has 6 atom stereocenters. The Bertz CT molecular complexity index is 682. The minimum atomic E-state index is -1.14. The number of hydrogen-bond acceptors (Lipinski definition) is 5. The van der Waals surface area contributed by atoms with Crippen LogP contribution in [0.25, 0.3) is 0 Å². The van der Waals surface area contributed by atoms with Crippen LogP contribution < -0.4 is 0 Å². The Hall–Kier alpha value is -1.46. The predicted molar refractivity (Wildman–Crippen MR) is 90.9 cm³/mol. The average molecular weight is 346 g/mol. The molecule has 0 N–H and O–H groups in total. The first-order valence-corrected chi connectivity index (χ1v) is 9.17. The first kappa shape index (κ1) is 17.0. The zero-order valence-corrected chi connectivity index (χ0v) is 15.2. The van der Waals surface area contributed by atoms with Gasteiger partial charge in [-0.15, -0.1) is 0 Å². The Morgan fingerprint density at radius 1 is 1.08 bits per heavy atom. The SMILES string of the molecule is C=C1C(=O)O[C@]2(C)CC[C@@H]1C[C@H]1O[C@@]1(C)CC[C@H]1O[C@]1(C)/C=C\C2=O. The van der Waals surface area contributed by atoms with Crippen LogP contribution >= 0.6 is 0 Å². The van der Waals surface area contributed by atoms with Gasteiger partial charge in [-0.1, -0.05) is 6.58 Å². The Morgan fingerprint density at radius 2 is 1.84 bits per heavy atom. The molecule has 2 bridgehead atoms. The van der Waals surface area contributed by atoms with Crippen LogP contribution in [-0.2, 0) is 23.8 Å². The molecule has 0 aromatic rings. The lowest BCUT2D eigenvalue weighted by Gasteiger charge is -2.24. The van der Waals surface area contributed by atoms with Crippen LogP contribution in [0, 0.1) is 5.92 Å². The molecule has 0 saturated carbocycles. The molecule has 3 aliphatic heterocycles. The topological polar surface area (TPSA) is 68.4 Å². The van der Waals surface area contributed by atoms with E-state index in [1.807, 2.05) is 13.0 Å². The van der Waals surface area contributed by atoms with Crippen molar-refractivity contribution in [1.82, 2.24) is 0 Å². The second kappa shape index (κ2) is 5.27. The number of ether oxygens (including phenoxy) is 3. The molecule has 4 rings (SSSR count). The summed E-state index contributed by atoms with van der Waals surface area (Å²) in [6.45, 7) is 9.76. The van der Waals surface area contributed by atoms with Gasteiger partial charge in [0.25, 0.3) is 0 Å². The second-order valence-corrected chi connectivity index (χ2v) is 8.56. The van der Waals surface area contributed by atoms with Gasteiger partial charge in [-0.05, 0) is 70.9 Å². The van der Waals surface area contributed by atoms with Gasteiger partial charge in [0.05, 0.1) is 17.8 Å². The van der Waals surface area contributed by atoms with Crippen molar-refractivity contribution in [2.24, 2.45) is 5.92 Å². The first-order valence-electron chi connectivity index (χ1n) is 9.17. The van der Waals surface area contributed by atoms with E-state index in [-0.39, 0.29) is 29.5 Å². The van der Waals surface area contributed by atoms with Crippen molar-refractivity contribution in [1.29, 1.82) is 0 Å². The molecule has 136 valence electrons. The molecule has 0 unspecified atom stereocenters. The second-order valence-electron chi connectivity index (χ2n) is 8.56. The zero-order chi connectivity index (χ0) is 18.0. The first-order chi connectivity index (χ1) is 11.7. The molecule has 0 radical (unpaired) electrons. The summed E-state index contributed by atoms with van der Waals surface area (Å²) in [6, 6.07) is 0. The van der Waals surface area contributed by atoms with E-state index in [0.29, 0.717) is 18.4 Å². The van der Waals surface area contributed by atoms with Crippen molar-refractivity contribution in [3.05, 3.63) is 24.3 Å². The van der Waals surface area contributed by atoms with Gasteiger partial charge in [0.2, 0.25) is 0 Å². The van der Waals surface area contributed by atoms with E-state index in [1.165, 1.54) is 6.08 Å². The van der Waals surface area contributed by atoms with Crippen molar-refractivity contribution in [2.45, 2.75) is 81.9 Å². The minimum Gasteiger partial charge on any atom is -0.448 e. The Morgan fingerprint density at radius 3 is 2.60 bits per heavy atom. The van der Waals surface area contributed by atoms with E-state index in [2.05, 4.69) is 13.5 Å². The smallest absolute Gasteiger partial charge is 0.334 e. The quantitative estimate of drug-likeness (QED) is 0.383. The van der Waals surface area contributed by atoms with E-state index in [0.717, 1.165) is 19.3 Å². The lowest BCUT2D eigenvalue weighted by atomic mass is 9.83. The van der Waals surface area contributed by atoms with E-state index < -0.39 is 17.2 Å². The predicted octanol–water partition coefficient (Wildman–Crippen LogP) is 2.88. The van der Waals surface area contributed by atoms with Crippen molar-refractivity contribution in [3.8, 4) is 0 Å². The van der Waals surface area contributed by atoms with Crippen LogP contribution in [0.3, 0.4) is 0 Å². The van der Waals surface area contributed by atoms with Gasteiger partial charge in [0.1, 0.15) is 5.60 Å². The zero-order valence-electron chi connectivity index (χ0n) is 15.2. The summed E-state index contributed by atoms with van der Waals surface area (Å²) >= 11 is 0. The molecule has 3 saturated heterocycles. The number of esters is 1. The molecule has 3 heterocycles. The molecule has 1 aliphatic carbocycles. The van der Waals surface area contributed by atoms with Crippen LogP contribution in [0.5, 0.6) is 0 Å². The van der Waals surface area contributed by atoms with Gasteiger partial charge < -0.3 is 14.2 Å². The number of hydrogen-bond donors (Lipinski definition) is 0. The van der Waals surface area contributed by atoms with E-state index in [9.17, 15) is 9.59 Å². The largest absolute Gasteiger partial charge is 0.448 e. The maximum absolute atomic E-state index is 12.7. The van der Waals surface area contributed by atoms with Crippen molar-refractivity contribution >= 4 is 11.8 Å². The van der Waals surface area contributed by atoms with Crippen molar-refractivity contribution in [3.63, 3.8) is 0 Å². The average Bonchev–Trinajstić information content (AvgIpc) is 3.41. The van der Waals surface area contributed by atoms with Gasteiger partial charge in [-0.3, -0.25) is 4.79 Å². The van der Waals surface area contributed by atoms with Crippen molar-refractivity contribution in [2.75, 3.05) is 0 Å². The fourth-order valence-corrected chi connectivity index (χ4v) is 4.21. The molecular formula is C20H26O5. The molecular weight excluding hydrogens is 320 g/mol. The number of fused-ring (bicyclic) bond motifs is 5. The van der Waals surface area contributed by atoms with Crippen LogP contribution in [-0.4, -0.2) is 40.8 Å². The molecule has 25 heavy (non-hydrogen) atoms. The molecule has 0 spiro atoms. The maximum Gasteiger partial charge on any atom is 0.334 e. The molecule has 0 aromatic heterocycles. The van der Waals surface area contributed by atoms with Crippen LogP contribution in [0.2, 0.25) is 0 Å². The van der Waals surface area contributed by atoms with Crippen LogP contribution in [0.4, 0.5) is 0 Å². The number of carbonyl (C=O) groups excluding carboxylic acids is 2. The molecule has 0 aromatic carbocycles. The summed E-state index contributed by atoms with van der Waals surface area (Å²) < 4.78 is 17.3. The summed E-state index contributed by atoms with van der Waals surface area (Å²) in [6.07, 6.45) is 7.37. The maximum atomic E-state index is 12.7. The Kier molecular flexibility index (Phi) is 3.58. The Balaban J connectivity index is 1.65. The van der Waals surface area contributed by atoms with Crippen LogP contribution in [0.15, 0.2) is 24.3 Å². The number of rotatable bonds is 0. The molecule has 0 amide bonds. The third-order valence-corrected chi connectivity index (χ3v) is 6.54. The van der Waals surface area contributed by atoms with Crippen LogP contribution in [0.1, 0.15) is 52.9 Å². The fourth-order valence-electron chi connectivity index (χ4n) is 4.21. The molecule has 3 fully saturated rings. The monoisotopic (exact) mass is 346 g/mol. The van der Waals surface area contributed by atoms with E-state index in [1.54, 1.807) is 6.92 Å². The number of epoxide rings is 2. The lowest BCUT2D eigenvalue weighted by Crippen LogP contribution is -2.38. The fraction of sp³-hybridized carbons (Fsp3) is 0.700. The summed E-state index contributed by atoms with van der Waals surface area (Å²) in [5, 5.41) is 0. The van der Waals surface area contributed by atoms with E-state index >= 15 is 0 Å². The highest BCUT2D eigenvalue weighted by Crippen LogP contribution is 2.50. The highest BCUT2D eigenvalue weighted by molar-refractivity contribution is 6.00. The van der Waals surface area contributed by atoms with Gasteiger partial charge in [-0.25, -0.2) is 4.79 Å². The van der Waals surface area contributed by atoms with Crippen molar-refractivity contribution < 1.29 is 23.8 Å². The lowest BCUT2D eigenvalue weighted by molar-refractivity contribution is -0.159. The summed E-state index contributed by atoms with van der Waals surface area (Å²) in [4.78, 5) is 25.2. The highest BCUT2D eigenvalue weighted by atomic mass is 16.6. The third kappa shape index (κ3) is 2.87. The standard InChI is InChI=1S/C20H26O5/c1-12-13-5-8-18(2,25-17(12)22)14(21)6-9-19(3)15(23-19)7-10-20(4)16(11-13)24-20/h6,9,13,15-16H,1,5,7-8,10-11H2,2-4H3/b9-6-/t13-,15-,16-,18-,19-,20+/m1/s1. The summed E-state index contributed by atoms with van der Waals surface area (Å²) in [5.41, 5.74) is -1.22. The normalized spacial score (nSPS) is 50.8. The summed E-state index contributed by atoms with van der Waals surface area (Å²) in [5.74, 6) is -0.645. The van der Waals surface area contributed by atoms with E-state index in [4.69, 9.17) is 14.2 Å². The van der Waals surface area contributed by atoms with Gasteiger partial charge >= 0.3 is 5.97 Å². The van der Waals surface area contributed by atoms with Gasteiger partial charge in [0.15, 0.2) is 11.4 Å². The van der Waals surface area contributed by atoms with Gasteiger partial charge in [0, 0.05) is 5.57 Å². The van der Waals surface area contributed by atoms with Gasteiger partial charge in [-0.2, -0.15) is 0 Å². The number of ketones is 1. The molecule has 5 nitrogen and oxygen atoms in total. The third-order valence-electron chi connectivity index (χ3n) is 6.54. The highest BCUT2D eigenvalue weighted by Gasteiger charge is 2.57.